The average molecular weight is 412 g/mol. The van der Waals surface area contributed by atoms with Crippen molar-refractivity contribution in [3.05, 3.63) is 35.9 Å². The largest absolute Gasteiger partial charge is 0.343 e. The smallest absolute Gasteiger partial charge is 0.342 e. The van der Waals surface area contributed by atoms with Crippen LogP contribution in [0.4, 0.5) is 4.79 Å². The lowest BCUT2D eigenvalue weighted by Crippen LogP contribution is -2.47. The molecule has 0 N–H and O–H groups in total. The quantitative estimate of drug-likeness (QED) is 0.662. The fourth-order valence-electron chi connectivity index (χ4n) is 4.81. The first-order valence-electron chi connectivity index (χ1n) is 11.5. The molecule has 0 radical (unpaired) electrons. The van der Waals surface area contributed by atoms with E-state index in [9.17, 15) is 9.59 Å². The molecule has 1 heterocycles. The second-order valence-electron chi connectivity index (χ2n) is 9.65. The molecule has 1 saturated carbocycles. The summed E-state index contributed by atoms with van der Waals surface area (Å²) in [6, 6.07) is 10.8. The number of carbonyl (C=O) groups is 2. The van der Waals surface area contributed by atoms with E-state index in [2.05, 4.69) is 42.2 Å². The Bertz CT molecular complexity index is 743. The van der Waals surface area contributed by atoms with E-state index in [-0.39, 0.29) is 29.3 Å². The van der Waals surface area contributed by atoms with Crippen LogP contribution in [0.5, 0.6) is 0 Å². The monoisotopic (exact) mass is 411 g/mol. The number of amides is 3. The highest BCUT2D eigenvalue weighted by Crippen LogP contribution is 2.40. The summed E-state index contributed by atoms with van der Waals surface area (Å²) in [5, 5.41) is 0. The minimum Gasteiger partial charge on any atom is -0.342 e. The number of nitrogens with zero attached hydrogens (tertiary/aromatic N) is 3. The van der Waals surface area contributed by atoms with Gasteiger partial charge in [-0.1, -0.05) is 51.1 Å². The first-order valence-corrected chi connectivity index (χ1v) is 11.5. The predicted molar refractivity (Wildman–Crippen MR) is 122 cm³/mol. The highest BCUT2D eigenvalue weighted by Gasteiger charge is 2.32. The minimum atomic E-state index is -0.153. The number of aliphatic imine (C=N–C) groups is 1. The number of rotatable bonds is 4. The van der Waals surface area contributed by atoms with Crippen LogP contribution < -0.4 is 0 Å². The summed E-state index contributed by atoms with van der Waals surface area (Å²) < 4.78 is 0. The molecule has 0 spiro atoms. The number of likely N-dealkylation sites (tertiary alicyclic amines) is 1. The first-order chi connectivity index (χ1) is 14.3. The molecule has 0 atom stereocenters. The van der Waals surface area contributed by atoms with Gasteiger partial charge in [-0.3, -0.25) is 4.79 Å². The van der Waals surface area contributed by atoms with Crippen molar-refractivity contribution in [1.29, 1.82) is 0 Å². The maximum Gasteiger partial charge on any atom is 0.343 e. The van der Waals surface area contributed by atoms with Gasteiger partial charge in [0.15, 0.2) is 0 Å². The second-order valence-corrected chi connectivity index (χ2v) is 9.65. The molecule has 5 nitrogen and oxygen atoms in total. The first kappa shape index (κ1) is 22.5. The molecule has 164 valence electrons. The molecule has 1 aliphatic carbocycles. The zero-order valence-corrected chi connectivity index (χ0v) is 19.0. The fraction of sp³-hybridized carbons (Fsp3) is 0.640. The molecule has 2 fully saturated rings. The van der Waals surface area contributed by atoms with E-state index in [4.69, 9.17) is 0 Å². The fourth-order valence-corrected chi connectivity index (χ4v) is 4.81. The molecule has 3 rings (SSSR count). The summed E-state index contributed by atoms with van der Waals surface area (Å²) in [6.07, 6.45) is 7.94. The van der Waals surface area contributed by atoms with Gasteiger partial charge in [0.1, 0.15) is 0 Å². The van der Waals surface area contributed by atoms with Gasteiger partial charge in [0.2, 0.25) is 5.91 Å². The average Bonchev–Trinajstić information content (AvgIpc) is 2.78. The summed E-state index contributed by atoms with van der Waals surface area (Å²) in [5.41, 5.74) is 1.65. The van der Waals surface area contributed by atoms with Crippen molar-refractivity contribution in [3.63, 3.8) is 0 Å². The summed E-state index contributed by atoms with van der Waals surface area (Å²) in [7, 11) is 1.84. The Kier molecular flexibility index (Phi) is 7.32. The Labute approximate surface area is 181 Å². The Hall–Kier alpha value is -2.17. The van der Waals surface area contributed by atoms with Crippen molar-refractivity contribution < 1.29 is 9.59 Å². The van der Waals surface area contributed by atoms with E-state index in [1.807, 2.05) is 32.0 Å². The molecule has 1 saturated heterocycles. The second kappa shape index (κ2) is 9.76. The Morgan fingerprint density at radius 3 is 2.27 bits per heavy atom. The van der Waals surface area contributed by atoms with Crippen molar-refractivity contribution in [2.75, 3.05) is 20.1 Å². The van der Waals surface area contributed by atoms with Gasteiger partial charge in [0.05, 0.1) is 0 Å². The predicted octanol–water partition coefficient (Wildman–Crippen LogP) is 4.90. The molecule has 0 bridgehead atoms. The van der Waals surface area contributed by atoms with Gasteiger partial charge >= 0.3 is 6.03 Å². The molecule has 0 unspecified atom stereocenters. The number of hydrogen-bond donors (Lipinski definition) is 0. The summed E-state index contributed by atoms with van der Waals surface area (Å²) in [6.45, 7) is 7.68. The van der Waals surface area contributed by atoms with Crippen LogP contribution in [-0.4, -0.2) is 54.1 Å². The van der Waals surface area contributed by atoms with Crippen molar-refractivity contribution in [2.45, 2.75) is 70.8 Å². The highest BCUT2D eigenvalue weighted by molar-refractivity contribution is 5.84. The molecule has 3 amide bonds. The number of hydrogen-bond acceptors (Lipinski definition) is 2. The van der Waals surface area contributed by atoms with Crippen LogP contribution in [0.2, 0.25) is 0 Å². The van der Waals surface area contributed by atoms with Crippen LogP contribution in [0.1, 0.15) is 64.9 Å². The highest BCUT2D eigenvalue weighted by atomic mass is 16.2. The van der Waals surface area contributed by atoms with Crippen LogP contribution in [0.3, 0.4) is 0 Å². The molecule has 1 aromatic carbocycles. The van der Waals surface area contributed by atoms with Gasteiger partial charge < -0.3 is 9.80 Å². The van der Waals surface area contributed by atoms with Crippen LogP contribution in [-0.2, 0) is 10.2 Å². The van der Waals surface area contributed by atoms with E-state index >= 15 is 0 Å². The molecule has 1 aliphatic heterocycles. The van der Waals surface area contributed by atoms with Crippen molar-refractivity contribution >= 4 is 18.2 Å². The number of piperidine rings is 1. The third-order valence-corrected chi connectivity index (χ3v) is 7.12. The summed E-state index contributed by atoms with van der Waals surface area (Å²) in [5.74, 6) is 0.620. The molecular formula is C25H37N3O2. The van der Waals surface area contributed by atoms with Crippen LogP contribution in [0.15, 0.2) is 35.3 Å². The third kappa shape index (κ3) is 5.30. The number of benzene rings is 1. The Morgan fingerprint density at radius 2 is 1.70 bits per heavy atom. The van der Waals surface area contributed by atoms with Crippen molar-refractivity contribution in [2.24, 2.45) is 16.8 Å². The maximum atomic E-state index is 12.6. The lowest BCUT2D eigenvalue weighted by atomic mass is 9.68. The Balaban J connectivity index is 1.47. The van der Waals surface area contributed by atoms with E-state index in [1.54, 1.807) is 4.90 Å². The van der Waals surface area contributed by atoms with Crippen LogP contribution >= 0.6 is 0 Å². The van der Waals surface area contributed by atoms with E-state index in [1.165, 1.54) is 5.56 Å². The van der Waals surface area contributed by atoms with Gasteiger partial charge in [-0.25, -0.2) is 9.79 Å². The third-order valence-electron chi connectivity index (χ3n) is 7.12. The number of carbonyl (C=O) groups excluding carboxylic acids is 2. The zero-order valence-electron chi connectivity index (χ0n) is 19.0. The number of urea groups is 1. The van der Waals surface area contributed by atoms with Gasteiger partial charge in [0, 0.05) is 38.3 Å². The van der Waals surface area contributed by atoms with Gasteiger partial charge in [-0.15, -0.1) is 0 Å². The molecule has 30 heavy (non-hydrogen) atoms. The van der Waals surface area contributed by atoms with E-state index in [0.29, 0.717) is 5.92 Å². The summed E-state index contributed by atoms with van der Waals surface area (Å²) >= 11 is 0. The van der Waals surface area contributed by atoms with Crippen molar-refractivity contribution in [3.8, 4) is 0 Å². The molecular weight excluding hydrogens is 374 g/mol. The minimum absolute atomic E-state index is 0.0322. The topological polar surface area (TPSA) is 53.0 Å². The molecule has 0 aromatic heterocycles. The summed E-state index contributed by atoms with van der Waals surface area (Å²) in [4.78, 5) is 32.7. The molecule has 5 heteroatoms. The van der Waals surface area contributed by atoms with E-state index < -0.39 is 0 Å². The molecule has 2 aliphatic rings. The lowest BCUT2D eigenvalue weighted by molar-refractivity contribution is -0.135. The lowest BCUT2D eigenvalue weighted by Gasteiger charge is -2.37. The normalized spacial score (nSPS) is 25.6. The van der Waals surface area contributed by atoms with Crippen LogP contribution in [0, 0.1) is 11.8 Å². The van der Waals surface area contributed by atoms with E-state index in [0.717, 1.165) is 51.6 Å². The van der Waals surface area contributed by atoms with Gasteiger partial charge in [-0.05, 0) is 55.4 Å². The SMILES string of the molecule is CC(C)C(=O)N1CCC(N(C)C(=O)/N=C/C2CCC(C)(c3ccccc3)CC2)CC1. The van der Waals surface area contributed by atoms with Gasteiger partial charge in [-0.2, -0.15) is 0 Å². The molecule has 1 aromatic rings. The maximum absolute atomic E-state index is 12.6. The Morgan fingerprint density at radius 1 is 1.10 bits per heavy atom. The van der Waals surface area contributed by atoms with Gasteiger partial charge in [0.25, 0.3) is 0 Å². The van der Waals surface area contributed by atoms with Crippen molar-refractivity contribution in [1.82, 2.24) is 9.80 Å². The standard InChI is InChI=1S/C25H37N3O2/c1-19(2)23(29)28-16-12-22(13-17-28)27(4)24(30)26-18-20-10-14-25(3,15-11-20)21-8-6-5-7-9-21/h5-9,18-20,22H,10-17H2,1-4H3/b26-18+. The van der Waals surface area contributed by atoms with Crippen LogP contribution in [0.25, 0.3) is 0 Å². The zero-order chi connectivity index (χ0) is 21.7.